The fourth-order valence-corrected chi connectivity index (χ4v) is 3.61. The molecule has 5 heteroatoms. The first-order valence-electron chi connectivity index (χ1n) is 11.2. The van der Waals surface area contributed by atoms with Gasteiger partial charge in [0.15, 0.2) is 0 Å². The van der Waals surface area contributed by atoms with Crippen molar-refractivity contribution < 1.29 is 4.74 Å². The van der Waals surface area contributed by atoms with Crippen molar-refractivity contribution in [2.75, 3.05) is 80.7 Å². The van der Waals surface area contributed by atoms with E-state index in [0.29, 0.717) is 12.1 Å². The second-order valence-corrected chi connectivity index (χ2v) is 8.06. The molecule has 164 valence electrons. The van der Waals surface area contributed by atoms with Gasteiger partial charge in [0.2, 0.25) is 0 Å². The highest BCUT2D eigenvalue weighted by molar-refractivity contribution is 4.70. The Hall–Kier alpha value is -0.200. The Morgan fingerprint density at radius 2 is 0.889 bits per heavy atom. The standard InChI is InChI=1S/C22H50N4O/c1-9-25(10-2)17-13-21(23(5)6)15-19-27-20-16-22(24(7)8)14-18-26(11-3)12-4/h21-22H,9-20H2,1-8H3. The Labute approximate surface area is 171 Å². The summed E-state index contributed by atoms with van der Waals surface area (Å²) in [4.78, 5) is 9.74. The molecule has 0 spiro atoms. The van der Waals surface area contributed by atoms with Gasteiger partial charge in [0.1, 0.15) is 0 Å². The first kappa shape index (κ1) is 26.8. The quantitative estimate of drug-likeness (QED) is 0.337. The number of hydrogen-bond acceptors (Lipinski definition) is 5. The summed E-state index contributed by atoms with van der Waals surface area (Å²) >= 11 is 0. The molecule has 0 radical (unpaired) electrons. The Bertz CT molecular complexity index is 287. The second kappa shape index (κ2) is 16.7. The van der Waals surface area contributed by atoms with Crippen molar-refractivity contribution in [1.29, 1.82) is 0 Å². The zero-order valence-electron chi connectivity index (χ0n) is 19.8. The van der Waals surface area contributed by atoms with Crippen LogP contribution < -0.4 is 0 Å². The van der Waals surface area contributed by atoms with Gasteiger partial charge in [-0.25, -0.2) is 0 Å². The number of rotatable bonds is 18. The SMILES string of the molecule is CCN(CC)CCC(CCOCCC(CCN(CC)CC)N(C)C)N(C)C. The van der Waals surface area contributed by atoms with Gasteiger partial charge < -0.3 is 24.3 Å². The third-order valence-corrected chi connectivity index (χ3v) is 6.00. The predicted molar refractivity (Wildman–Crippen MR) is 120 cm³/mol. The van der Waals surface area contributed by atoms with Crippen LogP contribution >= 0.6 is 0 Å². The van der Waals surface area contributed by atoms with Crippen LogP contribution in [0, 0.1) is 0 Å². The Balaban J connectivity index is 4.11. The molecule has 2 unspecified atom stereocenters. The summed E-state index contributed by atoms with van der Waals surface area (Å²) in [5, 5.41) is 0. The maximum absolute atomic E-state index is 6.03. The molecule has 0 heterocycles. The molecular formula is C22H50N4O. The van der Waals surface area contributed by atoms with Gasteiger partial charge in [0.05, 0.1) is 0 Å². The van der Waals surface area contributed by atoms with E-state index in [0.717, 1.165) is 52.2 Å². The number of nitrogens with zero attached hydrogens (tertiary/aromatic N) is 4. The first-order valence-corrected chi connectivity index (χ1v) is 11.2. The molecule has 0 aromatic rings. The van der Waals surface area contributed by atoms with Crippen LogP contribution in [0.5, 0.6) is 0 Å². The van der Waals surface area contributed by atoms with Crippen LogP contribution in [0.3, 0.4) is 0 Å². The number of ether oxygens (including phenoxy) is 1. The van der Waals surface area contributed by atoms with Crippen molar-refractivity contribution in [2.24, 2.45) is 0 Å². The average Bonchev–Trinajstić information content (AvgIpc) is 2.65. The van der Waals surface area contributed by atoms with E-state index in [1.165, 1.54) is 25.9 Å². The minimum absolute atomic E-state index is 0.609. The molecule has 0 N–H and O–H groups in total. The molecular weight excluding hydrogens is 336 g/mol. The molecule has 0 rings (SSSR count). The number of hydrogen-bond donors (Lipinski definition) is 0. The van der Waals surface area contributed by atoms with Crippen molar-refractivity contribution in [3.8, 4) is 0 Å². The lowest BCUT2D eigenvalue weighted by Gasteiger charge is -2.28. The summed E-state index contributed by atoms with van der Waals surface area (Å²) in [6.45, 7) is 17.7. The average molecular weight is 387 g/mol. The van der Waals surface area contributed by atoms with Crippen LogP contribution in [0.1, 0.15) is 53.4 Å². The van der Waals surface area contributed by atoms with Crippen LogP contribution in [0.15, 0.2) is 0 Å². The monoisotopic (exact) mass is 386 g/mol. The van der Waals surface area contributed by atoms with Crippen molar-refractivity contribution in [2.45, 2.75) is 65.5 Å². The summed E-state index contributed by atoms with van der Waals surface area (Å²) in [6.07, 6.45) is 4.70. The molecule has 27 heavy (non-hydrogen) atoms. The van der Waals surface area contributed by atoms with E-state index in [1.807, 2.05) is 0 Å². The van der Waals surface area contributed by atoms with Crippen LogP contribution in [0.25, 0.3) is 0 Å². The highest BCUT2D eigenvalue weighted by atomic mass is 16.5. The van der Waals surface area contributed by atoms with Gasteiger partial charge in [0, 0.05) is 25.3 Å². The summed E-state index contributed by atoms with van der Waals surface area (Å²) < 4.78 is 6.03. The van der Waals surface area contributed by atoms with Crippen molar-refractivity contribution in [3.63, 3.8) is 0 Å². The van der Waals surface area contributed by atoms with E-state index in [2.05, 4.69) is 75.5 Å². The summed E-state index contributed by atoms with van der Waals surface area (Å²) in [5.74, 6) is 0. The molecule has 0 aromatic carbocycles. The molecule has 2 atom stereocenters. The van der Waals surface area contributed by atoms with E-state index >= 15 is 0 Å². The Kier molecular flexibility index (Phi) is 16.6. The smallest absolute Gasteiger partial charge is 0.0480 e. The van der Waals surface area contributed by atoms with Gasteiger partial charge in [0.25, 0.3) is 0 Å². The maximum atomic E-state index is 6.03. The summed E-state index contributed by atoms with van der Waals surface area (Å²) in [5.41, 5.74) is 0. The van der Waals surface area contributed by atoms with Gasteiger partial charge in [-0.2, -0.15) is 0 Å². The van der Waals surface area contributed by atoms with E-state index in [9.17, 15) is 0 Å². The van der Waals surface area contributed by atoms with Crippen LogP contribution in [-0.2, 0) is 4.74 Å². The molecule has 0 bridgehead atoms. The summed E-state index contributed by atoms with van der Waals surface area (Å²) in [6, 6.07) is 1.22. The minimum atomic E-state index is 0.609. The van der Waals surface area contributed by atoms with Crippen LogP contribution in [-0.4, -0.2) is 112 Å². The lowest BCUT2D eigenvalue weighted by atomic mass is 10.1. The van der Waals surface area contributed by atoms with Gasteiger partial charge in [-0.05, 0) is 93.1 Å². The lowest BCUT2D eigenvalue weighted by molar-refractivity contribution is 0.0855. The minimum Gasteiger partial charge on any atom is -0.381 e. The molecule has 0 aliphatic carbocycles. The highest BCUT2D eigenvalue weighted by Gasteiger charge is 2.15. The van der Waals surface area contributed by atoms with Gasteiger partial charge in [-0.15, -0.1) is 0 Å². The molecule has 0 saturated carbocycles. The van der Waals surface area contributed by atoms with Crippen LogP contribution in [0.4, 0.5) is 0 Å². The topological polar surface area (TPSA) is 22.2 Å². The molecule has 0 aliphatic heterocycles. The Morgan fingerprint density at radius 1 is 0.556 bits per heavy atom. The van der Waals surface area contributed by atoms with E-state index in [1.54, 1.807) is 0 Å². The third kappa shape index (κ3) is 12.8. The molecule has 0 saturated heterocycles. The van der Waals surface area contributed by atoms with Crippen LogP contribution in [0.2, 0.25) is 0 Å². The van der Waals surface area contributed by atoms with Gasteiger partial charge in [-0.3, -0.25) is 0 Å². The molecule has 5 nitrogen and oxygen atoms in total. The zero-order chi connectivity index (χ0) is 20.7. The lowest BCUT2D eigenvalue weighted by Crippen LogP contribution is -2.35. The summed E-state index contributed by atoms with van der Waals surface area (Å²) in [7, 11) is 8.79. The Morgan fingerprint density at radius 3 is 1.15 bits per heavy atom. The second-order valence-electron chi connectivity index (χ2n) is 8.06. The molecule has 0 amide bonds. The zero-order valence-corrected chi connectivity index (χ0v) is 19.8. The van der Waals surface area contributed by atoms with Gasteiger partial charge >= 0.3 is 0 Å². The molecule has 0 aliphatic rings. The molecule has 0 fully saturated rings. The fraction of sp³-hybridized carbons (Fsp3) is 1.00. The van der Waals surface area contributed by atoms with E-state index in [-0.39, 0.29) is 0 Å². The normalized spacial score (nSPS) is 14.7. The third-order valence-electron chi connectivity index (χ3n) is 6.00. The van der Waals surface area contributed by atoms with Crippen molar-refractivity contribution in [3.05, 3.63) is 0 Å². The van der Waals surface area contributed by atoms with Crippen molar-refractivity contribution >= 4 is 0 Å². The molecule has 0 aromatic heterocycles. The fourth-order valence-electron chi connectivity index (χ4n) is 3.61. The predicted octanol–water partition coefficient (Wildman–Crippen LogP) is 3.11. The maximum Gasteiger partial charge on any atom is 0.0480 e. The van der Waals surface area contributed by atoms with Crippen molar-refractivity contribution in [1.82, 2.24) is 19.6 Å². The largest absolute Gasteiger partial charge is 0.381 e. The van der Waals surface area contributed by atoms with E-state index in [4.69, 9.17) is 4.74 Å². The highest BCUT2D eigenvalue weighted by Crippen LogP contribution is 2.10. The first-order chi connectivity index (χ1) is 12.9. The van der Waals surface area contributed by atoms with E-state index < -0.39 is 0 Å². The van der Waals surface area contributed by atoms with Gasteiger partial charge in [-0.1, -0.05) is 27.7 Å².